The van der Waals surface area contributed by atoms with Gasteiger partial charge in [-0.2, -0.15) is 0 Å². The molecule has 0 heterocycles. The molecule has 0 radical (unpaired) electrons. The molecule has 0 aliphatic heterocycles. The lowest BCUT2D eigenvalue weighted by Crippen LogP contribution is -2.20. The molecule has 0 unspecified atom stereocenters. The van der Waals surface area contributed by atoms with Gasteiger partial charge >= 0.3 is 0 Å². The van der Waals surface area contributed by atoms with Gasteiger partial charge < -0.3 is 4.74 Å². The number of hydrogen-bond donors (Lipinski definition) is 1. The normalized spacial score (nSPS) is 11.6. The van der Waals surface area contributed by atoms with Crippen LogP contribution in [0.1, 0.15) is 13.8 Å². The van der Waals surface area contributed by atoms with Crippen LogP contribution in [0.4, 0.5) is 5.69 Å². The number of sulfonamides is 1. The van der Waals surface area contributed by atoms with Gasteiger partial charge in [0.15, 0.2) is 0 Å². The van der Waals surface area contributed by atoms with Gasteiger partial charge in [0.25, 0.3) is 0 Å². The third-order valence-corrected chi connectivity index (χ3v) is 4.04. The zero-order valence-electron chi connectivity index (χ0n) is 10.0. The van der Waals surface area contributed by atoms with E-state index in [-0.39, 0.29) is 11.7 Å². The van der Waals surface area contributed by atoms with Gasteiger partial charge in [0, 0.05) is 10.5 Å². The van der Waals surface area contributed by atoms with Crippen LogP contribution in [-0.4, -0.2) is 21.3 Å². The lowest BCUT2D eigenvalue weighted by molar-refractivity contribution is 0.415. The van der Waals surface area contributed by atoms with Crippen molar-refractivity contribution in [2.24, 2.45) is 5.92 Å². The summed E-state index contributed by atoms with van der Waals surface area (Å²) >= 11 is 3.30. The van der Waals surface area contributed by atoms with Crippen molar-refractivity contribution in [1.82, 2.24) is 0 Å². The monoisotopic (exact) mass is 321 g/mol. The molecule has 0 spiro atoms. The Labute approximate surface area is 111 Å². The zero-order chi connectivity index (χ0) is 13.1. The van der Waals surface area contributed by atoms with E-state index in [2.05, 4.69) is 20.7 Å². The highest BCUT2D eigenvalue weighted by molar-refractivity contribution is 9.10. The molecule has 1 aromatic carbocycles. The van der Waals surface area contributed by atoms with Crippen molar-refractivity contribution < 1.29 is 13.2 Å². The van der Waals surface area contributed by atoms with Gasteiger partial charge in [-0.25, -0.2) is 8.42 Å². The molecule has 1 N–H and O–H groups in total. The van der Waals surface area contributed by atoms with Gasteiger partial charge in [-0.05, 0) is 18.1 Å². The summed E-state index contributed by atoms with van der Waals surface area (Å²) in [4.78, 5) is 0. The van der Waals surface area contributed by atoms with Crippen molar-refractivity contribution in [3.8, 4) is 5.75 Å². The molecule has 0 aromatic heterocycles. The first kappa shape index (κ1) is 14.3. The van der Waals surface area contributed by atoms with Crippen molar-refractivity contribution in [1.29, 1.82) is 0 Å². The van der Waals surface area contributed by atoms with Crippen LogP contribution >= 0.6 is 15.9 Å². The van der Waals surface area contributed by atoms with E-state index in [1.807, 2.05) is 13.8 Å². The molecule has 0 bridgehead atoms. The fourth-order valence-corrected chi connectivity index (χ4v) is 3.31. The van der Waals surface area contributed by atoms with E-state index in [1.54, 1.807) is 18.2 Å². The quantitative estimate of drug-likeness (QED) is 0.907. The van der Waals surface area contributed by atoms with E-state index in [4.69, 9.17) is 4.74 Å². The van der Waals surface area contributed by atoms with E-state index < -0.39 is 10.0 Å². The van der Waals surface area contributed by atoms with Crippen LogP contribution < -0.4 is 9.46 Å². The molecule has 0 aliphatic carbocycles. The highest BCUT2D eigenvalue weighted by Crippen LogP contribution is 2.25. The van der Waals surface area contributed by atoms with Gasteiger partial charge in [0.1, 0.15) is 5.75 Å². The Morgan fingerprint density at radius 1 is 1.35 bits per heavy atom. The first-order valence-corrected chi connectivity index (χ1v) is 7.62. The van der Waals surface area contributed by atoms with Crippen molar-refractivity contribution in [2.45, 2.75) is 13.8 Å². The smallest absolute Gasteiger partial charge is 0.232 e. The Kier molecular flexibility index (Phi) is 4.82. The first-order chi connectivity index (χ1) is 7.82. The highest BCUT2D eigenvalue weighted by atomic mass is 79.9. The molecule has 0 saturated heterocycles. The van der Waals surface area contributed by atoms with Crippen LogP contribution in [0.5, 0.6) is 5.75 Å². The Morgan fingerprint density at radius 2 is 2.00 bits per heavy atom. The van der Waals surface area contributed by atoms with Crippen LogP contribution in [-0.2, 0) is 10.0 Å². The Morgan fingerprint density at radius 3 is 2.53 bits per heavy atom. The minimum absolute atomic E-state index is 0.0848. The summed E-state index contributed by atoms with van der Waals surface area (Å²) in [5.74, 6) is 0.783. The highest BCUT2D eigenvalue weighted by Gasteiger charge is 2.13. The summed E-state index contributed by atoms with van der Waals surface area (Å²) in [6.07, 6.45) is 0. The van der Waals surface area contributed by atoms with Crippen molar-refractivity contribution >= 4 is 31.6 Å². The number of rotatable bonds is 5. The molecule has 0 fully saturated rings. The maximum absolute atomic E-state index is 11.8. The summed E-state index contributed by atoms with van der Waals surface area (Å²) in [7, 11) is -1.77. The van der Waals surface area contributed by atoms with E-state index in [0.717, 1.165) is 4.47 Å². The molecular weight excluding hydrogens is 306 g/mol. The molecule has 17 heavy (non-hydrogen) atoms. The van der Waals surface area contributed by atoms with Gasteiger partial charge in [-0.15, -0.1) is 0 Å². The minimum atomic E-state index is -3.30. The minimum Gasteiger partial charge on any atom is -0.497 e. The SMILES string of the molecule is COc1cc(Br)cc(NS(=O)(=O)CC(C)C)c1. The Hall–Kier alpha value is -0.750. The summed E-state index contributed by atoms with van der Waals surface area (Å²) in [5, 5.41) is 0. The topological polar surface area (TPSA) is 55.4 Å². The predicted octanol–water partition coefficient (Wildman–Crippen LogP) is 2.86. The zero-order valence-corrected chi connectivity index (χ0v) is 12.4. The lowest BCUT2D eigenvalue weighted by Gasteiger charge is -2.11. The maximum atomic E-state index is 11.8. The third kappa shape index (κ3) is 4.95. The molecule has 0 amide bonds. The number of hydrogen-bond acceptors (Lipinski definition) is 3. The van der Waals surface area contributed by atoms with Gasteiger partial charge in [0.05, 0.1) is 18.6 Å². The first-order valence-electron chi connectivity index (χ1n) is 5.17. The fraction of sp³-hybridized carbons (Fsp3) is 0.455. The molecule has 0 aliphatic rings. The largest absolute Gasteiger partial charge is 0.497 e. The molecule has 6 heteroatoms. The molecule has 96 valence electrons. The average Bonchev–Trinajstić information content (AvgIpc) is 2.13. The second kappa shape index (κ2) is 5.73. The van der Waals surface area contributed by atoms with E-state index in [1.165, 1.54) is 7.11 Å². The summed E-state index contributed by atoms with van der Waals surface area (Å²) in [6, 6.07) is 5.10. The maximum Gasteiger partial charge on any atom is 0.232 e. The van der Waals surface area contributed by atoms with Gasteiger partial charge in [0.2, 0.25) is 10.0 Å². The predicted molar refractivity (Wildman–Crippen MR) is 72.9 cm³/mol. The summed E-state index contributed by atoms with van der Waals surface area (Å²) in [5.41, 5.74) is 0.497. The number of ether oxygens (including phenoxy) is 1. The Bertz CT molecular complexity index is 485. The number of methoxy groups -OCH3 is 1. The van der Waals surface area contributed by atoms with Crippen LogP contribution in [0, 0.1) is 5.92 Å². The number of anilines is 1. The lowest BCUT2D eigenvalue weighted by atomic mass is 10.3. The summed E-state index contributed by atoms with van der Waals surface area (Å²) < 4.78 is 31.9. The van der Waals surface area contributed by atoms with E-state index in [9.17, 15) is 8.42 Å². The molecule has 4 nitrogen and oxygen atoms in total. The third-order valence-electron chi connectivity index (χ3n) is 1.93. The van der Waals surface area contributed by atoms with Crippen LogP contribution in [0.3, 0.4) is 0 Å². The fourth-order valence-electron chi connectivity index (χ4n) is 1.40. The number of halogens is 1. The molecule has 1 rings (SSSR count). The molecule has 0 atom stereocenters. The Balaban J connectivity index is 2.91. The van der Waals surface area contributed by atoms with Crippen molar-refractivity contribution in [3.05, 3.63) is 22.7 Å². The van der Waals surface area contributed by atoms with E-state index in [0.29, 0.717) is 11.4 Å². The molecular formula is C11H16BrNO3S. The van der Waals surface area contributed by atoms with Crippen molar-refractivity contribution in [3.63, 3.8) is 0 Å². The van der Waals surface area contributed by atoms with E-state index >= 15 is 0 Å². The number of benzene rings is 1. The van der Waals surface area contributed by atoms with Crippen LogP contribution in [0.25, 0.3) is 0 Å². The van der Waals surface area contributed by atoms with Crippen molar-refractivity contribution in [2.75, 3.05) is 17.6 Å². The van der Waals surface area contributed by atoms with Gasteiger partial charge in [-0.3, -0.25) is 4.72 Å². The van der Waals surface area contributed by atoms with Gasteiger partial charge in [-0.1, -0.05) is 29.8 Å². The summed E-state index contributed by atoms with van der Waals surface area (Å²) in [6.45, 7) is 3.72. The van der Waals surface area contributed by atoms with Crippen LogP contribution in [0.2, 0.25) is 0 Å². The molecule has 1 aromatic rings. The average molecular weight is 322 g/mol. The number of nitrogens with one attached hydrogen (secondary N) is 1. The standard InChI is InChI=1S/C11H16BrNO3S/c1-8(2)7-17(14,15)13-10-4-9(12)5-11(6-10)16-3/h4-6,8,13H,7H2,1-3H3. The van der Waals surface area contributed by atoms with Crippen LogP contribution in [0.15, 0.2) is 22.7 Å². The second-order valence-electron chi connectivity index (χ2n) is 4.16. The second-order valence-corrected chi connectivity index (χ2v) is 6.84. The molecule has 0 saturated carbocycles.